The molecule has 0 saturated heterocycles. The first-order chi connectivity index (χ1) is 18.5. The summed E-state index contributed by atoms with van der Waals surface area (Å²) < 4.78 is 26.6. The lowest BCUT2D eigenvalue weighted by atomic mass is 10.0. The van der Waals surface area contributed by atoms with Crippen LogP contribution in [-0.4, -0.2) is 50.5 Å². The monoisotopic (exact) mass is 609 g/mol. The molecule has 3 aromatic carbocycles. The Hall–Kier alpha value is -2.78. The number of benzene rings is 3. The number of amides is 2. The molecule has 0 fully saturated rings. The van der Waals surface area contributed by atoms with Gasteiger partial charge in [0.2, 0.25) is 21.8 Å². The topological polar surface area (TPSA) is 86.8 Å². The van der Waals surface area contributed by atoms with Gasteiger partial charge < -0.3 is 10.2 Å². The minimum Gasteiger partial charge on any atom is -0.354 e. The molecule has 0 heterocycles. The molecule has 3 rings (SSSR count). The van der Waals surface area contributed by atoms with Gasteiger partial charge in [-0.1, -0.05) is 84.2 Å². The lowest BCUT2D eigenvalue weighted by molar-refractivity contribution is -0.140. The van der Waals surface area contributed by atoms with Gasteiger partial charge >= 0.3 is 0 Å². The summed E-state index contributed by atoms with van der Waals surface area (Å²) in [7, 11) is -3.94. The van der Waals surface area contributed by atoms with Gasteiger partial charge in [0.25, 0.3) is 0 Å². The van der Waals surface area contributed by atoms with Crippen LogP contribution < -0.4 is 9.62 Å². The zero-order valence-electron chi connectivity index (χ0n) is 21.6. The van der Waals surface area contributed by atoms with Gasteiger partial charge in [-0.3, -0.25) is 13.9 Å². The van der Waals surface area contributed by atoms with Crippen LogP contribution in [0.3, 0.4) is 0 Å². The Morgan fingerprint density at radius 1 is 0.897 bits per heavy atom. The van der Waals surface area contributed by atoms with Gasteiger partial charge in [-0.15, -0.1) is 0 Å². The van der Waals surface area contributed by atoms with Crippen molar-refractivity contribution in [2.45, 2.75) is 32.4 Å². The van der Waals surface area contributed by atoms with Crippen LogP contribution in [0.2, 0.25) is 15.1 Å². The molecule has 39 heavy (non-hydrogen) atoms. The van der Waals surface area contributed by atoms with Crippen molar-refractivity contribution in [3.05, 3.63) is 99.0 Å². The third-order valence-electron chi connectivity index (χ3n) is 5.94. The van der Waals surface area contributed by atoms with Crippen LogP contribution >= 0.6 is 34.8 Å². The first-order valence-corrected chi connectivity index (χ1v) is 15.3. The number of hydrogen-bond acceptors (Lipinski definition) is 4. The number of carbonyl (C=O) groups excluding carboxylic acids is 2. The van der Waals surface area contributed by atoms with Gasteiger partial charge in [-0.05, 0) is 47.9 Å². The van der Waals surface area contributed by atoms with Crippen LogP contribution in [0.1, 0.15) is 24.5 Å². The summed E-state index contributed by atoms with van der Waals surface area (Å²) in [5.41, 5.74) is 1.69. The molecule has 0 aliphatic carbocycles. The minimum atomic E-state index is -3.94. The molecule has 0 radical (unpaired) electrons. The number of sulfonamides is 1. The second kappa shape index (κ2) is 14.0. The molecule has 0 spiro atoms. The third kappa shape index (κ3) is 8.86. The average molecular weight is 611 g/mol. The van der Waals surface area contributed by atoms with Crippen molar-refractivity contribution in [2.24, 2.45) is 0 Å². The summed E-state index contributed by atoms with van der Waals surface area (Å²) in [5.74, 6) is -0.910. The number of nitrogens with zero attached hydrogens (tertiary/aromatic N) is 2. The van der Waals surface area contributed by atoms with Crippen molar-refractivity contribution in [2.75, 3.05) is 23.7 Å². The molecular formula is C28H30Cl3N3O4S. The molecular weight excluding hydrogens is 581 g/mol. The van der Waals surface area contributed by atoms with Crippen molar-refractivity contribution in [1.82, 2.24) is 10.2 Å². The van der Waals surface area contributed by atoms with E-state index in [1.165, 1.54) is 23.1 Å². The highest BCUT2D eigenvalue weighted by molar-refractivity contribution is 7.92. The average Bonchev–Trinajstić information content (AvgIpc) is 2.89. The van der Waals surface area contributed by atoms with E-state index in [-0.39, 0.29) is 29.6 Å². The second-order valence-corrected chi connectivity index (χ2v) is 12.2. The van der Waals surface area contributed by atoms with E-state index in [1.54, 1.807) is 24.3 Å². The van der Waals surface area contributed by atoms with Crippen molar-refractivity contribution in [1.29, 1.82) is 0 Å². The van der Waals surface area contributed by atoms with Gasteiger partial charge in [0, 0.05) is 29.6 Å². The zero-order chi connectivity index (χ0) is 28.6. The Kier molecular flexibility index (Phi) is 11.1. The van der Waals surface area contributed by atoms with E-state index >= 15 is 0 Å². The molecule has 1 atom stereocenters. The summed E-state index contributed by atoms with van der Waals surface area (Å²) in [5, 5.41) is 3.82. The van der Waals surface area contributed by atoms with Crippen molar-refractivity contribution >= 4 is 62.3 Å². The van der Waals surface area contributed by atoms with Gasteiger partial charge in [0.1, 0.15) is 12.6 Å². The van der Waals surface area contributed by atoms with Crippen molar-refractivity contribution in [3.8, 4) is 0 Å². The quantitative estimate of drug-likeness (QED) is 0.290. The number of carbonyl (C=O) groups is 2. The second-order valence-electron chi connectivity index (χ2n) is 9.01. The Labute approximate surface area is 244 Å². The SMILES string of the molecule is CCCNC(=O)[C@H](Cc1ccccc1)N(Cc1ccc(Cl)cc1)C(=O)CN(c1ccc(Cl)cc1Cl)S(C)(=O)=O. The molecule has 0 bridgehead atoms. The maximum atomic E-state index is 14.0. The normalized spacial score (nSPS) is 12.0. The molecule has 1 N–H and O–H groups in total. The predicted octanol–water partition coefficient (Wildman–Crippen LogP) is 5.58. The Morgan fingerprint density at radius 3 is 2.13 bits per heavy atom. The fourth-order valence-corrected chi connectivity index (χ4v) is 5.53. The van der Waals surface area contributed by atoms with E-state index in [4.69, 9.17) is 34.8 Å². The lowest BCUT2D eigenvalue weighted by Gasteiger charge is -2.33. The molecule has 0 unspecified atom stereocenters. The summed E-state index contributed by atoms with van der Waals surface area (Å²) in [4.78, 5) is 28.8. The van der Waals surface area contributed by atoms with Gasteiger partial charge in [0.15, 0.2) is 0 Å². The maximum Gasteiger partial charge on any atom is 0.244 e. The maximum absolute atomic E-state index is 14.0. The van der Waals surface area contributed by atoms with Crippen molar-refractivity contribution < 1.29 is 18.0 Å². The van der Waals surface area contributed by atoms with E-state index in [9.17, 15) is 18.0 Å². The van der Waals surface area contributed by atoms with Gasteiger partial charge in [-0.25, -0.2) is 8.42 Å². The number of nitrogens with one attached hydrogen (secondary N) is 1. The lowest BCUT2D eigenvalue weighted by Crippen LogP contribution is -2.53. The van der Waals surface area contributed by atoms with Crippen LogP contribution in [0.5, 0.6) is 0 Å². The Morgan fingerprint density at radius 2 is 1.54 bits per heavy atom. The molecule has 2 amide bonds. The zero-order valence-corrected chi connectivity index (χ0v) is 24.7. The fraction of sp³-hybridized carbons (Fsp3) is 0.286. The summed E-state index contributed by atoms with van der Waals surface area (Å²) >= 11 is 18.4. The largest absolute Gasteiger partial charge is 0.354 e. The smallest absolute Gasteiger partial charge is 0.244 e. The highest BCUT2D eigenvalue weighted by Crippen LogP contribution is 2.30. The molecule has 0 aromatic heterocycles. The standard InChI is InChI=1S/C28H30Cl3N3O4S/c1-3-15-32-28(36)26(16-20-7-5-4-6-8-20)33(18-21-9-11-22(29)12-10-21)27(35)19-34(39(2,37)38)25-14-13-23(30)17-24(25)31/h4-14,17,26H,3,15-16,18-19H2,1-2H3,(H,32,36)/t26-/m0/s1. The first kappa shape index (κ1) is 30.8. The highest BCUT2D eigenvalue weighted by Gasteiger charge is 2.33. The van der Waals surface area contributed by atoms with Crippen LogP contribution in [0, 0.1) is 0 Å². The van der Waals surface area contributed by atoms with E-state index in [0.29, 0.717) is 23.0 Å². The van der Waals surface area contributed by atoms with E-state index in [2.05, 4.69) is 5.32 Å². The number of anilines is 1. The Bertz CT molecular complexity index is 1390. The number of hydrogen-bond donors (Lipinski definition) is 1. The number of rotatable bonds is 12. The first-order valence-electron chi connectivity index (χ1n) is 12.3. The van der Waals surface area contributed by atoms with Gasteiger partial charge in [-0.2, -0.15) is 0 Å². The highest BCUT2D eigenvalue weighted by atomic mass is 35.5. The van der Waals surface area contributed by atoms with Crippen LogP contribution in [0.4, 0.5) is 5.69 Å². The molecule has 7 nitrogen and oxygen atoms in total. The van der Waals surface area contributed by atoms with Crippen LogP contribution in [0.15, 0.2) is 72.8 Å². The van der Waals surface area contributed by atoms with Gasteiger partial charge in [0.05, 0.1) is 17.0 Å². The predicted molar refractivity (Wildman–Crippen MR) is 158 cm³/mol. The van der Waals surface area contributed by atoms with Crippen LogP contribution in [0.25, 0.3) is 0 Å². The third-order valence-corrected chi connectivity index (χ3v) is 7.86. The molecule has 0 saturated carbocycles. The molecule has 0 aliphatic rings. The van der Waals surface area contributed by atoms with E-state index < -0.39 is 28.5 Å². The summed E-state index contributed by atoms with van der Waals surface area (Å²) in [6, 6.07) is 19.7. The molecule has 0 aliphatic heterocycles. The Balaban J connectivity index is 2.05. The van der Waals surface area contributed by atoms with Crippen molar-refractivity contribution in [3.63, 3.8) is 0 Å². The molecule has 11 heteroatoms. The summed E-state index contributed by atoms with van der Waals surface area (Å²) in [6.07, 6.45) is 1.94. The fourth-order valence-electron chi connectivity index (χ4n) is 3.98. The summed E-state index contributed by atoms with van der Waals surface area (Å²) in [6.45, 7) is 1.85. The molecule has 208 valence electrons. The van der Waals surface area contributed by atoms with Crippen LogP contribution in [-0.2, 0) is 32.6 Å². The number of halogens is 3. The minimum absolute atomic E-state index is 0.0546. The van der Waals surface area contributed by atoms with E-state index in [1.807, 2.05) is 37.3 Å². The van der Waals surface area contributed by atoms with E-state index in [0.717, 1.165) is 21.7 Å². The molecule has 3 aromatic rings.